The fourth-order valence-corrected chi connectivity index (χ4v) is 3.23. The van der Waals surface area contributed by atoms with Crippen LogP contribution in [0.2, 0.25) is 0 Å². The van der Waals surface area contributed by atoms with Gasteiger partial charge in [-0.25, -0.2) is 4.98 Å². The van der Waals surface area contributed by atoms with Crippen molar-refractivity contribution in [1.82, 2.24) is 10.3 Å². The van der Waals surface area contributed by atoms with E-state index in [1.54, 1.807) is 0 Å². The van der Waals surface area contributed by atoms with Gasteiger partial charge in [-0.1, -0.05) is 33.1 Å². The molecule has 3 nitrogen and oxygen atoms in total. The van der Waals surface area contributed by atoms with Crippen molar-refractivity contribution in [3.05, 3.63) is 23.9 Å². The van der Waals surface area contributed by atoms with Gasteiger partial charge in [0.1, 0.15) is 5.82 Å². The minimum atomic E-state index is 0.690. The van der Waals surface area contributed by atoms with Crippen LogP contribution in [0.4, 0.5) is 5.82 Å². The van der Waals surface area contributed by atoms with E-state index >= 15 is 0 Å². The van der Waals surface area contributed by atoms with Crippen molar-refractivity contribution in [3.8, 4) is 0 Å². The highest BCUT2D eigenvalue weighted by Gasteiger charge is 2.21. The lowest BCUT2D eigenvalue weighted by Gasteiger charge is -2.34. The normalized spacial score (nSPS) is 16.4. The first kappa shape index (κ1) is 16.3. The van der Waals surface area contributed by atoms with Crippen LogP contribution < -0.4 is 10.2 Å². The second-order valence-corrected chi connectivity index (χ2v) is 6.62. The number of nitrogens with zero attached hydrogens (tertiary/aromatic N) is 2. The number of nitrogens with one attached hydrogen (secondary N) is 1. The van der Waals surface area contributed by atoms with Crippen LogP contribution in [0.5, 0.6) is 0 Å². The molecule has 0 spiro atoms. The summed E-state index contributed by atoms with van der Waals surface area (Å²) in [4.78, 5) is 7.13. The molecule has 0 saturated heterocycles. The topological polar surface area (TPSA) is 28.2 Å². The van der Waals surface area contributed by atoms with E-state index in [0.717, 1.165) is 25.5 Å². The molecule has 0 amide bonds. The molecule has 1 aromatic rings. The number of aromatic nitrogens is 1. The van der Waals surface area contributed by atoms with E-state index in [1.807, 2.05) is 6.20 Å². The zero-order valence-corrected chi connectivity index (χ0v) is 13.9. The molecule has 3 heteroatoms. The van der Waals surface area contributed by atoms with Gasteiger partial charge in [-0.15, -0.1) is 0 Å². The zero-order valence-electron chi connectivity index (χ0n) is 13.9. The molecule has 21 heavy (non-hydrogen) atoms. The van der Waals surface area contributed by atoms with Gasteiger partial charge in [-0.2, -0.15) is 0 Å². The highest BCUT2D eigenvalue weighted by Crippen LogP contribution is 2.26. The number of rotatable bonds is 7. The summed E-state index contributed by atoms with van der Waals surface area (Å²) in [6.07, 6.45) is 8.76. The maximum absolute atomic E-state index is 4.63. The van der Waals surface area contributed by atoms with Gasteiger partial charge in [0.2, 0.25) is 0 Å². The Balaban J connectivity index is 2.00. The lowest BCUT2D eigenvalue weighted by molar-refractivity contribution is 0.416. The van der Waals surface area contributed by atoms with Gasteiger partial charge < -0.3 is 10.2 Å². The van der Waals surface area contributed by atoms with Crippen LogP contribution in [0.3, 0.4) is 0 Å². The van der Waals surface area contributed by atoms with Gasteiger partial charge in [0, 0.05) is 25.3 Å². The highest BCUT2D eigenvalue weighted by molar-refractivity contribution is 5.42. The van der Waals surface area contributed by atoms with Crippen LogP contribution in [0.1, 0.15) is 58.4 Å². The number of hydrogen-bond donors (Lipinski definition) is 1. The summed E-state index contributed by atoms with van der Waals surface area (Å²) in [6.45, 7) is 9.80. The molecule has 0 aromatic carbocycles. The average molecular weight is 289 g/mol. The van der Waals surface area contributed by atoms with Crippen molar-refractivity contribution < 1.29 is 0 Å². The number of pyridine rings is 1. The van der Waals surface area contributed by atoms with Crippen molar-refractivity contribution in [2.75, 3.05) is 18.0 Å². The summed E-state index contributed by atoms with van der Waals surface area (Å²) in [6, 6.07) is 5.09. The van der Waals surface area contributed by atoms with Crippen molar-refractivity contribution in [1.29, 1.82) is 0 Å². The highest BCUT2D eigenvalue weighted by atomic mass is 15.2. The molecule has 1 aliphatic carbocycles. The summed E-state index contributed by atoms with van der Waals surface area (Å²) < 4.78 is 0. The molecule has 0 bridgehead atoms. The molecule has 0 radical (unpaired) electrons. The average Bonchev–Trinajstić information content (AvgIpc) is 2.49. The van der Waals surface area contributed by atoms with Crippen LogP contribution in [-0.4, -0.2) is 24.1 Å². The summed E-state index contributed by atoms with van der Waals surface area (Å²) in [7, 11) is 0. The molecule has 1 aliphatic rings. The van der Waals surface area contributed by atoms with Crippen LogP contribution in [0.25, 0.3) is 0 Å². The smallest absolute Gasteiger partial charge is 0.129 e. The largest absolute Gasteiger partial charge is 0.354 e. The van der Waals surface area contributed by atoms with Crippen LogP contribution in [0, 0.1) is 5.92 Å². The standard InChI is InChI=1S/C18H31N3/c1-4-21(17-8-6-5-7-9-17)18-12-16(10-11-20-18)14-19-13-15(2)3/h10-12,15,17,19H,4-9,13-14H2,1-3H3. The Morgan fingerprint density at radius 1 is 1.29 bits per heavy atom. The monoisotopic (exact) mass is 289 g/mol. The predicted molar refractivity (Wildman–Crippen MR) is 90.7 cm³/mol. The van der Waals surface area contributed by atoms with E-state index in [9.17, 15) is 0 Å². The molecule has 1 N–H and O–H groups in total. The fraction of sp³-hybridized carbons (Fsp3) is 0.722. The van der Waals surface area contributed by atoms with Gasteiger partial charge >= 0.3 is 0 Å². The first-order valence-electron chi connectivity index (χ1n) is 8.63. The molecule has 0 atom stereocenters. The molecule has 1 aromatic heterocycles. The lowest BCUT2D eigenvalue weighted by atomic mass is 9.94. The van der Waals surface area contributed by atoms with E-state index in [-0.39, 0.29) is 0 Å². The third kappa shape index (κ3) is 4.99. The van der Waals surface area contributed by atoms with E-state index < -0.39 is 0 Å². The van der Waals surface area contributed by atoms with Crippen LogP contribution in [0.15, 0.2) is 18.3 Å². The first-order chi connectivity index (χ1) is 10.2. The molecule has 2 rings (SSSR count). The van der Waals surface area contributed by atoms with Crippen molar-refractivity contribution in [2.45, 2.75) is 65.5 Å². The quantitative estimate of drug-likeness (QED) is 0.822. The Morgan fingerprint density at radius 3 is 2.71 bits per heavy atom. The molecule has 1 saturated carbocycles. The van der Waals surface area contributed by atoms with E-state index in [1.165, 1.54) is 37.7 Å². The Labute approximate surface area is 130 Å². The summed E-state index contributed by atoms with van der Waals surface area (Å²) >= 11 is 0. The number of anilines is 1. The van der Waals surface area contributed by atoms with Crippen molar-refractivity contribution in [2.24, 2.45) is 5.92 Å². The fourth-order valence-electron chi connectivity index (χ4n) is 3.23. The summed E-state index contributed by atoms with van der Waals surface area (Å²) in [5.74, 6) is 1.86. The third-order valence-electron chi connectivity index (χ3n) is 4.34. The molecule has 118 valence electrons. The minimum Gasteiger partial charge on any atom is -0.354 e. The van der Waals surface area contributed by atoms with Gasteiger partial charge in [0.05, 0.1) is 0 Å². The zero-order chi connectivity index (χ0) is 15.1. The molecular weight excluding hydrogens is 258 g/mol. The van der Waals surface area contributed by atoms with E-state index in [2.05, 4.69) is 48.1 Å². The SMILES string of the molecule is CCN(c1cc(CNCC(C)C)ccn1)C1CCCCC1. The van der Waals surface area contributed by atoms with Crippen molar-refractivity contribution >= 4 is 5.82 Å². The Hall–Kier alpha value is -1.09. The van der Waals surface area contributed by atoms with E-state index in [4.69, 9.17) is 0 Å². The predicted octanol–water partition coefficient (Wildman–Crippen LogP) is 3.99. The van der Waals surface area contributed by atoms with Gasteiger partial charge in [0.15, 0.2) is 0 Å². The number of hydrogen-bond acceptors (Lipinski definition) is 3. The Bertz CT molecular complexity index is 411. The Morgan fingerprint density at radius 2 is 2.05 bits per heavy atom. The molecular formula is C18H31N3. The second-order valence-electron chi connectivity index (χ2n) is 6.62. The molecule has 0 unspecified atom stereocenters. The van der Waals surface area contributed by atoms with Crippen LogP contribution in [-0.2, 0) is 6.54 Å². The van der Waals surface area contributed by atoms with Gasteiger partial charge in [-0.3, -0.25) is 0 Å². The third-order valence-corrected chi connectivity index (χ3v) is 4.34. The summed E-state index contributed by atoms with van der Waals surface area (Å²) in [5.41, 5.74) is 1.34. The van der Waals surface area contributed by atoms with E-state index in [0.29, 0.717) is 12.0 Å². The summed E-state index contributed by atoms with van der Waals surface area (Å²) in [5, 5.41) is 3.52. The van der Waals surface area contributed by atoms with Crippen molar-refractivity contribution in [3.63, 3.8) is 0 Å². The maximum atomic E-state index is 4.63. The first-order valence-corrected chi connectivity index (χ1v) is 8.63. The van der Waals surface area contributed by atoms with Gasteiger partial charge in [0.25, 0.3) is 0 Å². The Kier molecular flexibility index (Phi) is 6.50. The lowest BCUT2D eigenvalue weighted by Crippen LogP contribution is -2.37. The molecule has 1 heterocycles. The maximum Gasteiger partial charge on any atom is 0.129 e. The minimum absolute atomic E-state index is 0.690. The van der Waals surface area contributed by atoms with Crippen LogP contribution >= 0.6 is 0 Å². The molecule has 0 aliphatic heterocycles. The second kappa shape index (κ2) is 8.38. The molecule has 1 fully saturated rings. The van der Waals surface area contributed by atoms with Gasteiger partial charge in [-0.05, 0) is 49.9 Å².